The third-order valence-corrected chi connectivity index (χ3v) is 3.43. The normalized spacial score (nSPS) is 19.4. The Labute approximate surface area is 98.6 Å². The highest BCUT2D eigenvalue weighted by Crippen LogP contribution is 2.15. The van der Waals surface area contributed by atoms with E-state index >= 15 is 0 Å². The standard InChI is InChI=1S/C10H14IN3/c11-14-7-1-6-13(8-9-14)10-2-4-12-5-3-10/h2-5H,1,6-9H2. The monoisotopic (exact) mass is 303 g/mol. The molecule has 0 spiro atoms. The Kier molecular flexibility index (Phi) is 3.58. The summed E-state index contributed by atoms with van der Waals surface area (Å²) in [5.74, 6) is 0. The SMILES string of the molecule is IN1CCCN(c2ccncc2)CC1. The van der Waals surface area contributed by atoms with Gasteiger partial charge in [0.15, 0.2) is 0 Å². The van der Waals surface area contributed by atoms with Gasteiger partial charge in [-0.3, -0.25) is 4.98 Å². The predicted molar refractivity (Wildman–Crippen MR) is 66.7 cm³/mol. The number of nitrogens with zero attached hydrogens (tertiary/aromatic N) is 3. The summed E-state index contributed by atoms with van der Waals surface area (Å²) in [6, 6.07) is 4.17. The second-order valence-electron chi connectivity index (χ2n) is 3.46. The van der Waals surface area contributed by atoms with Crippen LogP contribution < -0.4 is 4.90 Å². The quantitative estimate of drug-likeness (QED) is 0.584. The number of halogens is 1. The van der Waals surface area contributed by atoms with Crippen molar-refractivity contribution in [3.05, 3.63) is 24.5 Å². The molecule has 0 amide bonds. The van der Waals surface area contributed by atoms with Crippen molar-refractivity contribution in [2.24, 2.45) is 0 Å². The van der Waals surface area contributed by atoms with Crippen molar-refractivity contribution < 1.29 is 0 Å². The van der Waals surface area contributed by atoms with E-state index in [4.69, 9.17) is 0 Å². The number of anilines is 1. The number of aromatic nitrogens is 1. The van der Waals surface area contributed by atoms with Gasteiger partial charge in [-0.2, -0.15) is 0 Å². The first-order valence-corrected chi connectivity index (χ1v) is 5.88. The van der Waals surface area contributed by atoms with Gasteiger partial charge in [0.25, 0.3) is 0 Å². The van der Waals surface area contributed by atoms with Crippen molar-refractivity contribution in [2.75, 3.05) is 31.1 Å². The van der Waals surface area contributed by atoms with Crippen LogP contribution in [0.1, 0.15) is 6.42 Å². The van der Waals surface area contributed by atoms with Gasteiger partial charge in [-0.25, -0.2) is 3.11 Å². The molecule has 1 aliphatic heterocycles. The lowest BCUT2D eigenvalue weighted by Crippen LogP contribution is -2.27. The van der Waals surface area contributed by atoms with Crippen LogP contribution in [-0.2, 0) is 0 Å². The summed E-state index contributed by atoms with van der Waals surface area (Å²) in [5, 5.41) is 0. The molecule has 76 valence electrons. The van der Waals surface area contributed by atoms with Gasteiger partial charge in [-0.05, 0) is 18.6 Å². The Balaban J connectivity index is 2.04. The van der Waals surface area contributed by atoms with Crippen LogP contribution in [0.15, 0.2) is 24.5 Å². The summed E-state index contributed by atoms with van der Waals surface area (Å²) in [7, 11) is 0. The Morgan fingerprint density at radius 3 is 2.64 bits per heavy atom. The summed E-state index contributed by atoms with van der Waals surface area (Å²) in [6.45, 7) is 4.61. The van der Waals surface area contributed by atoms with Crippen LogP contribution in [0.25, 0.3) is 0 Å². The van der Waals surface area contributed by atoms with Gasteiger partial charge in [0.1, 0.15) is 0 Å². The van der Waals surface area contributed by atoms with Crippen molar-refractivity contribution in [3.8, 4) is 0 Å². The lowest BCUT2D eigenvalue weighted by atomic mass is 10.3. The largest absolute Gasteiger partial charge is 0.370 e. The lowest BCUT2D eigenvalue weighted by Gasteiger charge is -2.22. The summed E-state index contributed by atoms with van der Waals surface area (Å²) in [4.78, 5) is 6.47. The van der Waals surface area contributed by atoms with E-state index in [1.807, 2.05) is 12.4 Å². The maximum atomic E-state index is 4.04. The second kappa shape index (κ2) is 4.93. The Morgan fingerprint density at radius 2 is 1.86 bits per heavy atom. The molecule has 0 radical (unpaired) electrons. The van der Waals surface area contributed by atoms with Gasteiger partial charge in [-0.1, -0.05) is 0 Å². The van der Waals surface area contributed by atoms with Crippen LogP contribution in [0.3, 0.4) is 0 Å². The van der Waals surface area contributed by atoms with Crippen LogP contribution in [0.2, 0.25) is 0 Å². The van der Waals surface area contributed by atoms with E-state index in [0.29, 0.717) is 0 Å². The zero-order valence-corrected chi connectivity index (χ0v) is 10.2. The minimum absolute atomic E-state index is 1.12. The molecule has 0 saturated carbocycles. The summed E-state index contributed by atoms with van der Waals surface area (Å²) >= 11 is 2.41. The first kappa shape index (κ1) is 10.2. The second-order valence-corrected chi connectivity index (χ2v) is 4.82. The summed E-state index contributed by atoms with van der Waals surface area (Å²) in [6.07, 6.45) is 4.97. The highest BCUT2D eigenvalue weighted by atomic mass is 127. The van der Waals surface area contributed by atoms with E-state index in [9.17, 15) is 0 Å². The van der Waals surface area contributed by atoms with Crippen molar-refractivity contribution in [1.82, 2.24) is 8.10 Å². The lowest BCUT2D eigenvalue weighted by molar-refractivity contribution is 0.544. The van der Waals surface area contributed by atoms with E-state index in [2.05, 4.69) is 48.0 Å². The van der Waals surface area contributed by atoms with Crippen LogP contribution in [0, 0.1) is 0 Å². The fourth-order valence-electron chi connectivity index (χ4n) is 1.70. The molecule has 1 fully saturated rings. The molecule has 1 aromatic rings. The molecule has 3 nitrogen and oxygen atoms in total. The average Bonchev–Trinajstić information content (AvgIpc) is 2.44. The minimum Gasteiger partial charge on any atom is -0.370 e. The molecule has 1 aliphatic rings. The molecule has 2 heterocycles. The number of rotatable bonds is 1. The van der Waals surface area contributed by atoms with Gasteiger partial charge in [-0.15, -0.1) is 0 Å². The van der Waals surface area contributed by atoms with Gasteiger partial charge in [0.05, 0.1) is 0 Å². The molecule has 4 heteroatoms. The van der Waals surface area contributed by atoms with Crippen molar-refractivity contribution in [1.29, 1.82) is 0 Å². The molecule has 0 aliphatic carbocycles. The first-order chi connectivity index (χ1) is 6.86. The maximum Gasteiger partial charge on any atom is 0.0397 e. The maximum absolute atomic E-state index is 4.04. The molecule has 1 aromatic heterocycles. The van der Waals surface area contributed by atoms with E-state index in [1.165, 1.54) is 18.7 Å². The van der Waals surface area contributed by atoms with Crippen molar-refractivity contribution in [3.63, 3.8) is 0 Å². The third kappa shape index (κ3) is 2.57. The van der Waals surface area contributed by atoms with E-state index < -0.39 is 0 Å². The van der Waals surface area contributed by atoms with Crippen molar-refractivity contribution in [2.45, 2.75) is 6.42 Å². The van der Waals surface area contributed by atoms with Gasteiger partial charge in [0.2, 0.25) is 0 Å². The highest BCUT2D eigenvalue weighted by molar-refractivity contribution is 14.1. The van der Waals surface area contributed by atoms with Crippen LogP contribution in [0.5, 0.6) is 0 Å². The smallest absolute Gasteiger partial charge is 0.0397 e. The first-order valence-electron chi connectivity index (χ1n) is 4.92. The predicted octanol–water partition coefficient (Wildman–Crippen LogP) is 1.94. The zero-order valence-electron chi connectivity index (χ0n) is 8.06. The van der Waals surface area contributed by atoms with E-state index in [1.54, 1.807) is 0 Å². The Hall–Kier alpha value is -0.360. The molecular formula is C10H14IN3. The number of pyridine rings is 1. The molecule has 14 heavy (non-hydrogen) atoms. The van der Waals surface area contributed by atoms with Crippen LogP contribution >= 0.6 is 22.9 Å². The van der Waals surface area contributed by atoms with Crippen molar-refractivity contribution >= 4 is 28.6 Å². The average molecular weight is 303 g/mol. The van der Waals surface area contributed by atoms with Crippen LogP contribution in [-0.4, -0.2) is 34.3 Å². The molecule has 0 N–H and O–H groups in total. The Bertz CT molecular complexity index is 278. The van der Waals surface area contributed by atoms with E-state index in [-0.39, 0.29) is 0 Å². The molecular weight excluding hydrogens is 289 g/mol. The van der Waals surface area contributed by atoms with Gasteiger partial charge >= 0.3 is 0 Å². The van der Waals surface area contributed by atoms with Crippen LogP contribution in [0.4, 0.5) is 5.69 Å². The Morgan fingerprint density at radius 1 is 1.07 bits per heavy atom. The van der Waals surface area contributed by atoms with Gasteiger partial charge < -0.3 is 4.90 Å². The molecule has 0 atom stereocenters. The minimum atomic E-state index is 1.12. The molecule has 0 bridgehead atoms. The summed E-state index contributed by atoms with van der Waals surface area (Å²) < 4.78 is 2.36. The fraction of sp³-hybridized carbons (Fsp3) is 0.500. The molecule has 0 aromatic carbocycles. The molecule has 2 rings (SSSR count). The number of hydrogen-bond donors (Lipinski definition) is 0. The fourth-order valence-corrected chi connectivity index (χ4v) is 2.26. The molecule has 1 saturated heterocycles. The zero-order chi connectivity index (χ0) is 9.80. The number of hydrogen-bond acceptors (Lipinski definition) is 3. The summed E-state index contributed by atoms with van der Waals surface area (Å²) in [5.41, 5.74) is 1.30. The molecule has 0 unspecified atom stereocenters. The van der Waals surface area contributed by atoms with Gasteiger partial charge in [0, 0.05) is 67.1 Å². The third-order valence-electron chi connectivity index (χ3n) is 2.47. The topological polar surface area (TPSA) is 19.4 Å². The van der Waals surface area contributed by atoms with E-state index in [0.717, 1.165) is 19.6 Å². The highest BCUT2D eigenvalue weighted by Gasteiger charge is 2.12.